The first kappa shape index (κ1) is 6.77. The average molecular weight is 147 g/mol. The van der Waals surface area contributed by atoms with Crippen molar-refractivity contribution < 1.29 is 0 Å². The van der Waals surface area contributed by atoms with Gasteiger partial charge in [0.25, 0.3) is 0 Å². The van der Waals surface area contributed by atoms with Crippen molar-refractivity contribution in [1.29, 1.82) is 0 Å². The van der Waals surface area contributed by atoms with Gasteiger partial charge in [0.1, 0.15) is 5.82 Å². The van der Waals surface area contributed by atoms with Crippen LogP contribution in [0.2, 0.25) is 0 Å². The average Bonchev–Trinajstić information content (AvgIpc) is 2.58. The Hall–Kier alpha value is -0.920. The number of hydrogen-bond acceptors (Lipinski definition) is 2. The Morgan fingerprint density at radius 3 is 2.73 bits per heavy atom. The zero-order valence-electron chi connectivity index (χ0n) is 6.40. The molecule has 2 rings (SSSR count). The highest BCUT2D eigenvalue weighted by Crippen LogP contribution is 2.30. The molecule has 0 N–H and O–H groups in total. The molecule has 0 bridgehead atoms. The van der Waals surface area contributed by atoms with Crippen LogP contribution in [0, 0.1) is 6.42 Å². The fourth-order valence-corrected chi connectivity index (χ4v) is 1.51. The van der Waals surface area contributed by atoms with E-state index in [1.54, 1.807) is 0 Å². The summed E-state index contributed by atoms with van der Waals surface area (Å²) in [5, 5.41) is 0. The quantitative estimate of drug-likeness (QED) is 0.606. The molecule has 0 spiro atoms. The Morgan fingerprint density at radius 1 is 1.27 bits per heavy atom. The summed E-state index contributed by atoms with van der Waals surface area (Å²) in [6.45, 7) is 0. The second kappa shape index (κ2) is 2.99. The predicted molar refractivity (Wildman–Crippen MR) is 42.9 cm³/mol. The Morgan fingerprint density at radius 2 is 2.09 bits per heavy atom. The molecule has 57 valence electrons. The van der Waals surface area contributed by atoms with Gasteiger partial charge < -0.3 is 0 Å². The zero-order valence-corrected chi connectivity index (χ0v) is 6.40. The van der Waals surface area contributed by atoms with E-state index in [1.165, 1.54) is 12.8 Å². The number of aromatic nitrogens is 2. The summed E-state index contributed by atoms with van der Waals surface area (Å²) in [7, 11) is 0. The van der Waals surface area contributed by atoms with Crippen molar-refractivity contribution in [2.24, 2.45) is 0 Å². The van der Waals surface area contributed by atoms with Gasteiger partial charge in [0.2, 0.25) is 0 Å². The highest BCUT2D eigenvalue weighted by molar-refractivity contribution is 5.02. The molecule has 1 aromatic rings. The van der Waals surface area contributed by atoms with Crippen molar-refractivity contribution in [3.05, 3.63) is 30.7 Å². The molecule has 1 atom stereocenters. The Labute approximate surface area is 66.7 Å². The van der Waals surface area contributed by atoms with Gasteiger partial charge in [0.15, 0.2) is 0 Å². The monoisotopic (exact) mass is 147 g/mol. The van der Waals surface area contributed by atoms with Crippen molar-refractivity contribution in [1.82, 2.24) is 9.97 Å². The fourth-order valence-electron chi connectivity index (χ4n) is 1.51. The third kappa shape index (κ3) is 1.39. The standard InChI is InChI=1S/C9H11N2/c1-2-5-8(4-1)9-10-6-3-7-11-9/h1,3,6-8H,2,4-5H2. The molecule has 0 saturated heterocycles. The van der Waals surface area contributed by atoms with Crippen molar-refractivity contribution >= 4 is 0 Å². The Kier molecular flexibility index (Phi) is 1.84. The molecule has 0 amide bonds. The molecule has 2 heteroatoms. The van der Waals surface area contributed by atoms with Crippen LogP contribution >= 0.6 is 0 Å². The molecule has 1 aliphatic carbocycles. The van der Waals surface area contributed by atoms with Crippen molar-refractivity contribution in [2.45, 2.75) is 25.2 Å². The summed E-state index contributed by atoms with van der Waals surface area (Å²) < 4.78 is 0. The lowest BCUT2D eigenvalue weighted by Gasteiger charge is -2.04. The van der Waals surface area contributed by atoms with Crippen molar-refractivity contribution in [2.75, 3.05) is 0 Å². The highest BCUT2D eigenvalue weighted by atomic mass is 14.9. The van der Waals surface area contributed by atoms with E-state index in [4.69, 9.17) is 0 Å². The van der Waals surface area contributed by atoms with E-state index in [-0.39, 0.29) is 0 Å². The van der Waals surface area contributed by atoms with E-state index in [0.717, 1.165) is 12.2 Å². The summed E-state index contributed by atoms with van der Waals surface area (Å²) in [5.74, 6) is 1.61. The molecule has 0 aliphatic heterocycles. The first-order valence-electron chi connectivity index (χ1n) is 4.05. The fraction of sp³-hybridized carbons (Fsp3) is 0.444. The molecular formula is C9H11N2. The van der Waals surface area contributed by atoms with Crippen LogP contribution in [-0.4, -0.2) is 9.97 Å². The summed E-state index contributed by atoms with van der Waals surface area (Å²) in [6, 6.07) is 1.86. The third-order valence-electron chi connectivity index (χ3n) is 2.12. The Balaban J connectivity index is 2.16. The molecule has 1 heterocycles. The lowest BCUT2D eigenvalue weighted by atomic mass is 10.1. The maximum Gasteiger partial charge on any atom is 0.131 e. The van der Waals surface area contributed by atoms with Crippen LogP contribution in [-0.2, 0) is 0 Å². The van der Waals surface area contributed by atoms with Gasteiger partial charge in [-0.05, 0) is 31.7 Å². The minimum absolute atomic E-state index is 0.594. The van der Waals surface area contributed by atoms with E-state index >= 15 is 0 Å². The van der Waals surface area contributed by atoms with E-state index < -0.39 is 0 Å². The van der Waals surface area contributed by atoms with Gasteiger partial charge in [0.05, 0.1) is 0 Å². The van der Waals surface area contributed by atoms with Gasteiger partial charge in [-0.15, -0.1) is 0 Å². The molecule has 1 fully saturated rings. The molecular weight excluding hydrogens is 136 g/mol. The lowest BCUT2D eigenvalue weighted by molar-refractivity contribution is 0.674. The van der Waals surface area contributed by atoms with Gasteiger partial charge in [-0.3, -0.25) is 0 Å². The number of rotatable bonds is 1. The molecule has 2 nitrogen and oxygen atoms in total. The first-order chi connectivity index (χ1) is 5.47. The van der Waals surface area contributed by atoms with Crippen LogP contribution in [0.25, 0.3) is 0 Å². The predicted octanol–water partition coefficient (Wildman–Crippen LogP) is 1.95. The van der Waals surface area contributed by atoms with Gasteiger partial charge in [-0.25, -0.2) is 9.97 Å². The van der Waals surface area contributed by atoms with Crippen LogP contribution < -0.4 is 0 Å². The largest absolute Gasteiger partial charge is 0.241 e. The van der Waals surface area contributed by atoms with E-state index in [9.17, 15) is 0 Å². The topological polar surface area (TPSA) is 25.8 Å². The first-order valence-corrected chi connectivity index (χ1v) is 4.05. The molecule has 1 aliphatic rings. The maximum absolute atomic E-state index is 4.23. The van der Waals surface area contributed by atoms with Crippen LogP contribution in [0.1, 0.15) is 31.0 Å². The van der Waals surface area contributed by atoms with Crippen LogP contribution in [0.3, 0.4) is 0 Å². The van der Waals surface area contributed by atoms with Crippen LogP contribution in [0.15, 0.2) is 18.5 Å². The lowest BCUT2D eigenvalue weighted by Crippen LogP contribution is -1.98. The summed E-state index contributed by atoms with van der Waals surface area (Å²) in [5.41, 5.74) is 0. The Bertz CT molecular complexity index is 214. The second-order valence-corrected chi connectivity index (χ2v) is 2.91. The minimum atomic E-state index is 0.594. The number of nitrogens with zero attached hydrogens (tertiary/aromatic N) is 2. The zero-order chi connectivity index (χ0) is 7.52. The summed E-state index contributed by atoms with van der Waals surface area (Å²) >= 11 is 0. The van der Waals surface area contributed by atoms with Crippen LogP contribution in [0.4, 0.5) is 0 Å². The molecule has 0 aromatic carbocycles. The highest BCUT2D eigenvalue weighted by Gasteiger charge is 2.18. The number of hydrogen-bond donors (Lipinski definition) is 0. The smallest absolute Gasteiger partial charge is 0.131 e. The van der Waals surface area contributed by atoms with Gasteiger partial charge >= 0.3 is 0 Å². The second-order valence-electron chi connectivity index (χ2n) is 2.91. The van der Waals surface area contributed by atoms with E-state index in [1.807, 2.05) is 18.5 Å². The summed E-state index contributed by atoms with van der Waals surface area (Å²) in [4.78, 5) is 8.46. The van der Waals surface area contributed by atoms with Crippen molar-refractivity contribution in [3.63, 3.8) is 0 Å². The van der Waals surface area contributed by atoms with Gasteiger partial charge in [-0.2, -0.15) is 0 Å². The van der Waals surface area contributed by atoms with Gasteiger partial charge in [0, 0.05) is 18.3 Å². The van der Waals surface area contributed by atoms with Crippen molar-refractivity contribution in [3.8, 4) is 0 Å². The normalized spacial score (nSPS) is 18.9. The maximum atomic E-state index is 4.23. The SMILES string of the molecule is [CH]1CCC(c2ncccn2)C1. The molecule has 1 saturated carbocycles. The summed E-state index contributed by atoms with van der Waals surface area (Å²) in [6.07, 6.45) is 9.57. The third-order valence-corrected chi connectivity index (χ3v) is 2.12. The van der Waals surface area contributed by atoms with E-state index in [0.29, 0.717) is 5.92 Å². The molecule has 1 unspecified atom stereocenters. The molecule has 1 aromatic heterocycles. The van der Waals surface area contributed by atoms with Gasteiger partial charge in [-0.1, -0.05) is 0 Å². The van der Waals surface area contributed by atoms with E-state index in [2.05, 4.69) is 16.4 Å². The molecule has 11 heavy (non-hydrogen) atoms. The minimum Gasteiger partial charge on any atom is -0.241 e. The molecule has 1 radical (unpaired) electrons. The van der Waals surface area contributed by atoms with Crippen LogP contribution in [0.5, 0.6) is 0 Å².